The Morgan fingerprint density at radius 1 is 1.24 bits per heavy atom. The molecule has 0 amide bonds. The van der Waals surface area contributed by atoms with E-state index in [1.165, 1.54) is 19.3 Å². The highest BCUT2D eigenvalue weighted by Gasteiger charge is 2.65. The maximum Gasteiger partial charge on any atom is 0.339 e. The van der Waals surface area contributed by atoms with Gasteiger partial charge in [0.2, 0.25) is 0 Å². The third-order valence-corrected chi connectivity index (χ3v) is 6.32. The first-order chi connectivity index (χ1) is 10.2. The molecule has 2 bridgehead atoms. The van der Waals surface area contributed by atoms with Crippen LogP contribution in [0.2, 0.25) is 0 Å². The van der Waals surface area contributed by atoms with Crippen molar-refractivity contribution in [1.29, 1.82) is 0 Å². The molecule has 4 heteroatoms. The fourth-order valence-corrected chi connectivity index (χ4v) is 5.42. The molecule has 1 aromatic rings. The highest BCUT2D eigenvalue weighted by molar-refractivity contribution is 5.93. The summed E-state index contributed by atoms with van der Waals surface area (Å²) in [6.45, 7) is 0. The molecular formula is C17H20N2O2. The van der Waals surface area contributed by atoms with Gasteiger partial charge < -0.3 is 10.4 Å². The van der Waals surface area contributed by atoms with Gasteiger partial charge in [0.05, 0.1) is 0 Å². The molecule has 5 rings (SSSR count). The summed E-state index contributed by atoms with van der Waals surface area (Å²) in [5.74, 6) is 3.14. The zero-order valence-electron chi connectivity index (χ0n) is 12.0. The Hall–Kier alpha value is -1.58. The summed E-state index contributed by atoms with van der Waals surface area (Å²) in [6.07, 6.45) is 7.25. The molecule has 4 unspecified atom stereocenters. The molecule has 0 spiro atoms. The number of aromatic nitrogens is 1. The molecule has 110 valence electrons. The van der Waals surface area contributed by atoms with Crippen molar-refractivity contribution in [1.82, 2.24) is 4.98 Å². The van der Waals surface area contributed by atoms with E-state index in [9.17, 15) is 9.90 Å². The average Bonchev–Trinajstić information content (AvgIpc) is 2.90. The van der Waals surface area contributed by atoms with Gasteiger partial charge in [-0.2, -0.15) is 0 Å². The van der Waals surface area contributed by atoms with Gasteiger partial charge in [-0.25, -0.2) is 9.78 Å². The second-order valence-corrected chi connectivity index (χ2v) is 7.31. The fourth-order valence-electron chi connectivity index (χ4n) is 5.42. The minimum Gasteiger partial charge on any atom is -0.478 e. The van der Waals surface area contributed by atoms with Gasteiger partial charge in [0.15, 0.2) is 0 Å². The van der Waals surface area contributed by atoms with Gasteiger partial charge in [-0.05, 0) is 73.8 Å². The van der Waals surface area contributed by atoms with Gasteiger partial charge in [-0.15, -0.1) is 0 Å². The third kappa shape index (κ3) is 1.62. The summed E-state index contributed by atoms with van der Waals surface area (Å²) in [5.41, 5.74) is 2.61. The highest BCUT2D eigenvalue weighted by Crippen LogP contribution is 2.66. The molecule has 4 nitrogen and oxygen atoms in total. The number of carbonyl (C=O) groups is 1. The lowest BCUT2D eigenvalue weighted by atomic mass is 10.0. The number of aromatic carboxylic acids is 1. The molecule has 0 saturated heterocycles. The third-order valence-electron chi connectivity index (χ3n) is 6.32. The number of hydrogen-bond acceptors (Lipinski definition) is 3. The van der Waals surface area contributed by atoms with Crippen molar-refractivity contribution in [3.63, 3.8) is 0 Å². The van der Waals surface area contributed by atoms with Crippen LogP contribution in [0.1, 0.15) is 47.3 Å². The zero-order valence-corrected chi connectivity index (χ0v) is 12.0. The normalized spacial score (nSPS) is 38.2. The van der Waals surface area contributed by atoms with Crippen molar-refractivity contribution in [3.8, 4) is 0 Å². The Kier molecular flexibility index (Phi) is 2.28. The van der Waals surface area contributed by atoms with Gasteiger partial charge in [-0.1, -0.05) is 0 Å². The molecular weight excluding hydrogens is 264 g/mol. The molecule has 1 heterocycles. The molecule has 4 aliphatic carbocycles. The van der Waals surface area contributed by atoms with Crippen LogP contribution in [0.5, 0.6) is 0 Å². The van der Waals surface area contributed by atoms with E-state index < -0.39 is 5.97 Å². The molecule has 1 aromatic heterocycles. The number of anilines is 1. The first-order valence-corrected chi connectivity index (χ1v) is 8.25. The Morgan fingerprint density at radius 3 is 2.71 bits per heavy atom. The van der Waals surface area contributed by atoms with E-state index in [0.717, 1.165) is 54.2 Å². The number of aryl methyl sites for hydroxylation is 2. The summed E-state index contributed by atoms with van der Waals surface area (Å²) in [7, 11) is 0. The number of carboxylic acid groups (broad SMARTS) is 1. The molecule has 0 aromatic carbocycles. The van der Waals surface area contributed by atoms with Gasteiger partial charge in [-0.3, -0.25) is 0 Å². The van der Waals surface area contributed by atoms with Gasteiger partial charge in [0.25, 0.3) is 0 Å². The molecule has 3 fully saturated rings. The predicted molar refractivity (Wildman–Crippen MR) is 78.4 cm³/mol. The van der Waals surface area contributed by atoms with Crippen LogP contribution in [0.25, 0.3) is 0 Å². The molecule has 0 aliphatic heterocycles. The van der Waals surface area contributed by atoms with Crippen molar-refractivity contribution < 1.29 is 9.90 Å². The zero-order chi connectivity index (χ0) is 14.1. The van der Waals surface area contributed by atoms with Crippen LogP contribution >= 0.6 is 0 Å². The Balaban J connectivity index is 1.45. The van der Waals surface area contributed by atoms with Crippen LogP contribution in [0.3, 0.4) is 0 Å². The van der Waals surface area contributed by atoms with Gasteiger partial charge >= 0.3 is 5.97 Å². The quantitative estimate of drug-likeness (QED) is 0.896. The standard InChI is InChI=1S/C17H20N2O2/c20-17(21)11-7-8-2-1-3-12(8)18-16(11)19-15-13-9-4-5-10(6-9)14(13)15/h7,9-10,13-15H,1-6H2,(H,18,19)(H,20,21). The largest absolute Gasteiger partial charge is 0.478 e. The number of pyridine rings is 1. The number of nitrogens with one attached hydrogen (secondary N) is 1. The van der Waals surface area contributed by atoms with Crippen molar-refractivity contribution in [2.45, 2.75) is 44.6 Å². The molecule has 4 aliphatic rings. The molecule has 0 radical (unpaired) electrons. The van der Waals surface area contributed by atoms with Crippen LogP contribution in [-0.2, 0) is 12.8 Å². The second kappa shape index (κ2) is 3.99. The molecule has 2 N–H and O–H groups in total. The van der Waals surface area contributed by atoms with E-state index in [4.69, 9.17) is 0 Å². The molecule has 4 atom stereocenters. The van der Waals surface area contributed by atoms with Crippen LogP contribution in [0.15, 0.2) is 6.07 Å². The Bertz CT molecular complexity index is 626. The maximum atomic E-state index is 11.5. The van der Waals surface area contributed by atoms with Gasteiger partial charge in [0.1, 0.15) is 11.4 Å². The number of carboxylic acids is 1. The first-order valence-electron chi connectivity index (χ1n) is 8.25. The van der Waals surface area contributed by atoms with E-state index >= 15 is 0 Å². The minimum absolute atomic E-state index is 0.368. The molecule has 21 heavy (non-hydrogen) atoms. The predicted octanol–water partition coefficient (Wildman–Crippen LogP) is 2.72. The summed E-state index contributed by atoms with van der Waals surface area (Å²) in [6, 6.07) is 2.34. The van der Waals surface area contributed by atoms with Crippen molar-refractivity contribution >= 4 is 11.8 Å². The summed E-state index contributed by atoms with van der Waals surface area (Å²) < 4.78 is 0. The minimum atomic E-state index is -0.853. The van der Waals surface area contributed by atoms with E-state index in [1.54, 1.807) is 0 Å². The Morgan fingerprint density at radius 2 is 2.00 bits per heavy atom. The molecule has 3 saturated carbocycles. The van der Waals surface area contributed by atoms with Crippen LogP contribution in [0, 0.1) is 23.7 Å². The maximum absolute atomic E-state index is 11.5. The van der Waals surface area contributed by atoms with Crippen molar-refractivity contribution in [2.75, 3.05) is 5.32 Å². The van der Waals surface area contributed by atoms with E-state index in [1.807, 2.05) is 6.07 Å². The van der Waals surface area contributed by atoms with Crippen molar-refractivity contribution in [3.05, 3.63) is 22.9 Å². The van der Waals surface area contributed by atoms with Crippen molar-refractivity contribution in [2.24, 2.45) is 23.7 Å². The van der Waals surface area contributed by atoms with Crippen LogP contribution in [-0.4, -0.2) is 22.1 Å². The average molecular weight is 284 g/mol. The number of nitrogens with zero attached hydrogens (tertiary/aromatic N) is 1. The van der Waals surface area contributed by atoms with Gasteiger partial charge in [0, 0.05) is 11.7 Å². The number of hydrogen-bond donors (Lipinski definition) is 2. The first kappa shape index (κ1) is 12.0. The fraction of sp³-hybridized carbons (Fsp3) is 0.647. The number of fused-ring (bicyclic) bond motifs is 6. The monoisotopic (exact) mass is 284 g/mol. The smallest absolute Gasteiger partial charge is 0.339 e. The number of rotatable bonds is 3. The lowest BCUT2D eigenvalue weighted by molar-refractivity contribution is 0.0697. The lowest BCUT2D eigenvalue weighted by Gasteiger charge is -2.14. The lowest BCUT2D eigenvalue weighted by Crippen LogP contribution is -2.17. The van der Waals surface area contributed by atoms with E-state index in [0.29, 0.717) is 17.4 Å². The topological polar surface area (TPSA) is 62.2 Å². The Labute approximate surface area is 124 Å². The summed E-state index contributed by atoms with van der Waals surface area (Å²) >= 11 is 0. The second-order valence-electron chi connectivity index (χ2n) is 7.31. The highest BCUT2D eigenvalue weighted by atomic mass is 16.4. The summed E-state index contributed by atoms with van der Waals surface area (Å²) in [4.78, 5) is 16.2. The van der Waals surface area contributed by atoms with E-state index in [2.05, 4.69) is 10.3 Å². The summed E-state index contributed by atoms with van der Waals surface area (Å²) in [5, 5.41) is 13.0. The van der Waals surface area contributed by atoms with E-state index in [-0.39, 0.29) is 0 Å². The SMILES string of the molecule is O=C(O)c1cc2c(nc1NC1C3C4CCC(C4)C13)CCC2. The van der Waals surface area contributed by atoms with Crippen LogP contribution < -0.4 is 5.32 Å². The van der Waals surface area contributed by atoms with Crippen LogP contribution in [0.4, 0.5) is 5.82 Å².